The molecule has 0 unspecified atom stereocenters. The van der Waals surface area contributed by atoms with Gasteiger partial charge in [-0.15, -0.1) is 0 Å². The topological polar surface area (TPSA) is 52.6 Å². The Morgan fingerprint density at radius 1 is 1.40 bits per heavy atom. The molecule has 0 saturated heterocycles. The van der Waals surface area contributed by atoms with E-state index in [1.807, 2.05) is 0 Å². The minimum atomic E-state index is -3.56. The maximum atomic E-state index is 10.9. The van der Waals surface area contributed by atoms with Crippen molar-refractivity contribution in [3.05, 3.63) is 22.2 Å². The van der Waals surface area contributed by atoms with Crippen molar-refractivity contribution in [3.8, 4) is 11.5 Å². The van der Waals surface area contributed by atoms with E-state index >= 15 is 0 Å². The van der Waals surface area contributed by atoms with Gasteiger partial charge in [0, 0.05) is 10.7 Å². The first-order chi connectivity index (χ1) is 6.96. The van der Waals surface area contributed by atoms with Gasteiger partial charge in [-0.3, -0.25) is 0 Å². The molecule has 0 spiro atoms. The monoisotopic (exact) mass is 312 g/mol. The smallest absolute Gasteiger partial charge is 0.236 e. The molecule has 1 aliphatic heterocycles. The highest BCUT2D eigenvalue weighted by Gasteiger charge is 2.19. The second-order valence-electron chi connectivity index (χ2n) is 2.99. The van der Waals surface area contributed by atoms with E-state index in [9.17, 15) is 8.42 Å². The van der Waals surface area contributed by atoms with Crippen LogP contribution in [0.25, 0.3) is 0 Å². The van der Waals surface area contributed by atoms with Crippen molar-refractivity contribution in [2.45, 2.75) is 5.75 Å². The summed E-state index contributed by atoms with van der Waals surface area (Å²) < 4.78 is 32.7. The van der Waals surface area contributed by atoms with Gasteiger partial charge in [-0.1, -0.05) is 0 Å². The zero-order valence-electron chi connectivity index (χ0n) is 7.37. The Morgan fingerprint density at radius 3 is 2.80 bits per heavy atom. The van der Waals surface area contributed by atoms with Gasteiger partial charge in [-0.25, -0.2) is 8.42 Å². The normalized spacial score (nSPS) is 14.3. The quantitative estimate of drug-likeness (QED) is 0.786. The summed E-state index contributed by atoms with van der Waals surface area (Å²) in [6.45, 7) is 0.144. The SMILES string of the molecule is O=S(=O)(Cl)Cc1cc(Br)c2c(c1)OCO2. The van der Waals surface area contributed by atoms with Gasteiger partial charge in [0.05, 0.1) is 10.2 Å². The van der Waals surface area contributed by atoms with E-state index in [4.69, 9.17) is 20.2 Å². The molecular formula is C8H6BrClO4S. The number of halogens is 2. The fourth-order valence-electron chi connectivity index (χ4n) is 1.30. The molecule has 7 heteroatoms. The summed E-state index contributed by atoms with van der Waals surface area (Å²) >= 11 is 3.26. The van der Waals surface area contributed by atoms with Gasteiger partial charge in [-0.05, 0) is 33.6 Å². The molecule has 0 aliphatic carbocycles. The summed E-state index contributed by atoms with van der Waals surface area (Å²) in [6.07, 6.45) is 0. The maximum absolute atomic E-state index is 10.9. The molecule has 1 aromatic carbocycles. The zero-order valence-corrected chi connectivity index (χ0v) is 10.5. The molecule has 0 radical (unpaired) electrons. The fourth-order valence-corrected chi connectivity index (χ4v) is 2.85. The lowest BCUT2D eigenvalue weighted by Gasteiger charge is -2.03. The lowest BCUT2D eigenvalue weighted by molar-refractivity contribution is 0.173. The van der Waals surface area contributed by atoms with Crippen LogP contribution in [0.15, 0.2) is 16.6 Å². The van der Waals surface area contributed by atoms with Gasteiger partial charge in [0.2, 0.25) is 15.8 Å². The highest BCUT2D eigenvalue weighted by molar-refractivity contribution is 9.10. The van der Waals surface area contributed by atoms with Gasteiger partial charge in [0.15, 0.2) is 11.5 Å². The Balaban J connectivity index is 2.40. The van der Waals surface area contributed by atoms with Gasteiger partial charge in [-0.2, -0.15) is 0 Å². The van der Waals surface area contributed by atoms with Crippen LogP contribution in [0.1, 0.15) is 5.56 Å². The van der Waals surface area contributed by atoms with Crippen LogP contribution in [0.3, 0.4) is 0 Å². The molecule has 0 amide bonds. The van der Waals surface area contributed by atoms with E-state index in [1.54, 1.807) is 12.1 Å². The van der Waals surface area contributed by atoms with Crippen LogP contribution in [0.2, 0.25) is 0 Å². The fraction of sp³-hybridized carbons (Fsp3) is 0.250. The number of rotatable bonds is 2. The van der Waals surface area contributed by atoms with Crippen molar-refractivity contribution < 1.29 is 17.9 Å². The molecule has 0 aromatic heterocycles. The predicted molar refractivity (Wildman–Crippen MR) is 58.7 cm³/mol. The molecular weight excluding hydrogens is 308 g/mol. The van der Waals surface area contributed by atoms with Crippen molar-refractivity contribution in [1.29, 1.82) is 0 Å². The van der Waals surface area contributed by atoms with E-state index in [2.05, 4.69) is 15.9 Å². The van der Waals surface area contributed by atoms with Crippen molar-refractivity contribution in [3.63, 3.8) is 0 Å². The summed E-state index contributed by atoms with van der Waals surface area (Å²) in [5.41, 5.74) is 0.557. The first-order valence-corrected chi connectivity index (χ1v) is 7.23. The van der Waals surface area contributed by atoms with Crippen LogP contribution in [-0.2, 0) is 14.8 Å². The first-order valence-electron chi connectivity index (χ1n) is 3.96. The minimum Gasteiger partial charge on any atom is -0.454 e. The summed E-state index contributed by atoms with van der Waals surface area (Å²) in [5.74, 6) is 0.884. The largest absolute Gasteiger partial charge is 0.454 e. The zero-order chi connectivity index (χ0) is 11.1. The van der Waals surface area contributed by atoms with Crippen LogP contribution in [-0.4, -0.2) is 15.2 Å². The summed E-state index contributed by atoms with van der Waals surface area (Å²) in [6, 6.07) is 3.25. The number of ether oxygens (including phenoxy) is 2. The third kappa shape index (κ3) is 2.56. The van der Waals surface area contributed by atoms with Crippen LogP contribution in [0, 0.1) is 0 Å². The molecule has 0 saturated carbocycles. The molecule has 2 rings (SSSR count). The average molecular weight is 314 g/mol. The van der Waals surface area contributed by atoms with E-state index in [0.29, 0.717) is 21.5 Å². The van der Waals surface area contributed by atoms with Gasteiger partial charge in [0.25, 0.3) is 0 Å². The van der Waals surface area contributed by atoms with Crippen molar-refractivity contribution >= 4 is 35.7 Å². The molecule has 0 fully saturated rings. The van der Waals surface area contributed by atoms with Gasteiger partial charge >= 0.3 is 0 Å². The predicted octanol–water partition coefficient (Wildman–Crippen LogP) is 2.25. The lowest BCUT2D eigenvalue weighted by atomic mass is 10.2. The maximum Gasteiger partial charge on any atom is 0.236 e. The number of hydrogen-bond donors (Lipinski definition) is 0. The molecule has 0 atom stereocenters. The number of hydrogen-bond acceptors (Lipinski definition) is 4. The Bertz CT molecular complexity index is 500. The second-order valence-corrected chi connectivity index (χ2v) is 6.63. The standard InChI is InChI=1S/C8H6BrClO4S/c9-6-1-5(3-15(10,11)12)2-7-8(6)14-4-13-7/h1-2H,3-4H2. The lowest BCUT2D eigenvalue weighted by Crippen LogP contribution is -1.95. The highest BCUT2D eigenvalue weighted by Crippen LogP contribution is 2.40. The van der Waals surface area contributed by atoms with E-state index in [-0.39, 0.29) is 12.5 Å². The van der Waals surface area contributed by atoms with Crippen molar-refractivity contribution in [2.75, 3.05) is 6.79 Å². The van der Waals surface area contributed by atoms with E-state index in [1.165, 1.54) is 0 Å². The molecule has 82 valence electrons. The van der Waals surface area contributed by atoms with Crippen LogP contribution < -0.4 is 9.47 Å². The summed E-state index contributed by atoms with van der Waals surface area (Å²) in [7, 11) is 1.60. The Kier molecular flexibility index (Phi) is 2.83. The number of fused-ring (bicyclic) bond motifs is 1. The third-order valence-corrected chi connectivity index (χ3v) is 3.42. The molecule has 4 nitrogen and oxygen atoms in total. The first kappa shape index (κ1) is 11.0. The minimum absolute atomic E-state index is 0.144. The van der Waals surface area contributed by atoms with Crippen LogP contribution in [0.5, 0.6) is 11.5 Å². The second kappa shape index (κ2) is 3.84. The Morgan fingerprint density at radius 2 is 2.13 bits per heavy atom. The molecule has 1 heterocycles. The van der Waals surface area contributed by atoms with E-state index < -0.39 is 9.05 Å². The third-order valence-electron chi connectivity index (χ3n) is 1.83. The highest BCUT2D eigenvalue weighted by atomic mass is 79.9. The molecule has 0 N–H and O–H groups in total. The molecule has 15 heavy (non-hydrogen) atoms. The molecule has 1 aliphatic rings. The number of benzene rings is 1. The van der Waals surface area contributed by atoms with Crippen molar-refractivity contribution in [1.82, 2.24) is 0 Å². The average Bonchev–Trinajstić information content (AvgIpc) is 2.48. The van der Waals surface area contributed by atoms with Crippen molar-refractivity contribution in [2.24, 2.45) is 0 Å². The molecule has 1 aromatic rings. The van der Waals surface area contributed by atoms with Gasteiger partial charge in [0.1, 0.15) is 0 Å². The van der Waals surface area contributed by atoms with Crippen LogP contribution >= 0.6 is 26.6 Å². The van der Waals surface area contributed by atoms with Gasteiger partial charge < -0.3 is 9.47 Å². The Labute approximate surface area is 99.7 Å². The summed E-state index contributed by atoms with van der Waals surface area (Å²) in [5, 5.41) is 0. The van der Waals surface area contributed by atoms with E-state index in [0.717, 1.165) is 0 Å². The molecule has 0 bridgehead atoms. The summed E-state index contributed by atoms with van der Waals surface area (Å²) in [4.78, 5) is 0. The van der Waals surface area contributed by atoms with Crippen LogP contribution in [0.4, 0.5) is 0 Å². The Hall–Kier alpha value is -0.460.